The number of hydrogen-bond donors (Lipinski definition) is 1. The van der Waals surface area contributed by atoms with Crippen LogP contribution in [-0.2, 0) is 4.79 Å². The Balaban J connectivity index is 1.34. The zero-order valence-corrected chi connectivity index (χ0v) is 24.4. The van der Waals surface area contributed by atoms with Crippen molar-refractivity contribution in [2.24, 2.45) is 11.8 Å². The van der Waals surface area contributed by atoms with Crippen LogP contribution in [0.1, 0.15) is 88.6 Å². The van der Waals surface area contributed by atoms with E-state index >= 15 is 0 Å². The summed E-state index contributed by atoms with van der Waals surface area (Å²) in [6.07, 6.45) is 10.4. The average molecular weight is 556 g/mol. The molecule has 2 aromatic heterocycles. The molecule has 216 valence electrons. The predicted molar refractivity (Wildman–Crippen MR) is 159 cm³/mol. The van der Waals surface area contributed by atoms with Gasteiger partial charge < -0.3 is 14.7 Å². The lowest BCUT2D eigenvalue weighted by atomic mass is 9.79. The minimum Gasteiger partial charge on any atom is -0.494 e. The van der Waals surface area contributed by atoms with Crippen LogP contribution < -0.4 is 9.64 Å². The third kappa shape index (κ3) is 6.62. The number of nitrogens with zero attached hydrogens (tertiary/aromatic N) is 5. The number of aromatic nitrogens is 3. The van der Waals surface area contributed by atoms with Crippen molar-refractivity contribution in [1.82, 2.24) is 14.8 Å². The molecule has 41 heavy (non-hydrogen) atoms. The molecule has 0 aliphatic heterocycles. The topological polar surface area (TPSA) is 104 Å². The molecule has 2 saturated carbocycles. The number of methoxy groups -OCH3 is 1. The van der Waals surface area contributed by atoms with Gasteiger partial charge in [-0.1, -0.05) is 12.1 Å². The van der Waals surface area contributed by atoms with E-state index in [9.17, 15) is 15.2 Å². The molecule has 8 heteroatoms. The highest BCUT2D eigenvalue weighted by atomic mass is 16.5. The lowest BCUT2D eigenvalue weighted by Gasteiger charge is -2.35. The van der Waals surface area contributed by atoms with E-state index in [1.807, 2.05) is 40.0 Å². The van der Waals surface area contributed by atoms with Crippen molar-refractivity contribution in [2.45, 2.75) is 83.3 Å². The summed E-state index contributed by atoms with van der Waals surface area (Å²) in [5, 5.41) is 24.0. The molecule has 0 radical (unpaired) electrons. The first-order valence-electron chi connectivity index (χ1n) is 14.9. The molecule has 0 saturated heterocycles. The van der Waals surface area contributed by atoms with Crippen molar-refractivity contribution < 1.29 is 14.6 Å². The van der Waals surface area contributed by atoms with Crippen LogP contribution in [-0.4, -0.2) is 45.5 Å². The SMILES string of the molecule is COc1ccc([C@H]2CC[C@H](CN(c3cccc(-c4cnn(C(C)C)c4)c3)C(=O)[C@H]3CC[C@H](O)CC3)CC2)nc1C#N. The summed E-state index contributed by atoms with van der Waals surface area (Å²) < 4.78 is 7.22. The summed E-state index contributed by atoms with van der Waals surface area (Å²) in [5.74, 6) is 1.30. The molecule has 3 aromatic rings. The maximum Gasteiger partial charge on any atom is 0.230 e. The molecule has 0 unspecified atom stereocenters. The van der Waals surface area contributed by atoms with Gasteiger partial charge in [-0.25, -0.2) is 4.98 Å². The Bertz CT molecular complexity index is 1380. The molecular formula is C33H41N5O3. The van der Waals surface area contributed by atoms with E-state index in [2.05, 4.69) is 48.3 Å². The molecule has 2 aliphatic rings. The summed E-state index contributed by atoms with van der Waals surface area (Å²) in [6.45, 7) is 4.89. The molecule has 2 heterocycles. The Morgan fingerprint density at radius 2 is 1.85 bits per heavy atom. The third-order valence-electron chi connectivity index (χ3n) is 8.85. The smallest absolute Gasteiger partial charge is 0.230 e. The van der Waals surface area contributed by atoms with E-state index in [4.69, 9.17) is 4.74 Å². The fourth-order valence-electron chi connectivity index (χ4n) is 6.32. The largest absolute Gasteiger partial charge is 0.494 e. The molecule has 5 rings (SSSR count). The van der Waals surface area contributed by atoms with Crippen molar-refractivity contribution in [3.63, 3.8) is 0 Å². The van der Waals surface area contributed by atoms with Crippen LogP contribution in [0.5, 0.6) is 5.75 Å². The standard InChI is InChI=1S/C33H41N5O3/c1-22(2)38-21-27(19-35-38)26-5-4-6-28(17-26)37(33(40)25-11-13-29(39)14-12-25)20-23-7-9-24(10-8-23)30-15-16-32(41-3)31(18-34)36-30/h4-6,15-17,19,21-25,29,39H,7-14,20H2,1-3H3/t23-,24-,25-,29-. The molecule has 1 aromatic carbocycles. The van der Waals surface area contributed by atoms with Crippen molar-refractivity contribution >= 4 is 11.6 Å². The van der Waals surface area contributed by atoms with Gasteiger partial charge in [-0.2, -0.15) is 10.4 Å². The van der Waals surface area contributed by atoms with Gasteiger partial charge in [0.25, 0.3) is 0 Å². The number of anilines is 1. The van der Waals surface area contributed by atoms with Crippen LogP contribution in [0, 0.1) is 23.2 Å². The number of carbonyl (C=O) groups excluding carboxylic acids is 1. The van der Waals surface area contributed by atoms with E-state index < -0.39 is 0 Å². The lowest BCUT2D eigenvalue weighted by Crippen LogP contribution is -2.41. The number of carbonyl (C=O) groups is 1. The van der Waals surface area contributed by atoms with Crippen LogP contribution in [0.15, 0.2) is 48.8 Å². The first-order valence-corrected chi connectivity index (χ1v) is 14.9. The normalized spacial score (nSPS) is 22.7. The van der Waals surface area contributed by atoms with Gasteiger partial charge in [0.1, 0.15) is 6.07 Å². The zero-order valence-electron chi connectivity index (χ0n) is 24.4. The molecular weight excluding hydrogens is 514 g/mol. The van der Waals surface area contributed by atoms with Gasteiger partial charge in [0.05, 0.1) is 19.4 Å². The van der Waals surface area contributed by atoms with E-state index in [1.165, 1.54) is 0 Å². The number of rotatable bonds is 8. The van der Waals surface area contributed by atoms with Crippen LogP contribution in [0.2, 0.25) is 0 Å². The fourth-order valence-corrected chi connectivity index (χ4v) is 6.32. The number of ether oxygens (including phenoxy) is 1. The number of nitriles is 1. The zero-order chi connectivity index (χ0) is 28.9. The van der Waals surface area contributed by atoms with Crippen molar-refractivity contribution in [3.8, 4) is 22.9 Å². The highest BCUT2D eigenvalue weighted by molar-refractivity contribution is 5.95. The summed E-state index contributed by atoms with van der Waals surface area (Å²) in [5.41, 5.74) is 4.30. The second-order valence-corrected chi connectivity index (χ2v) is 11.9. The Morgan fingerprint density at radius 3 is 2.51 bits per heavy atom. The van der Waals surface area contributed by atoms with Gasteiger partial charge in [-0.3, -0.25) is 9.48 Å². The maximum absolute atomic E-state index is 14.0. The number of aliphatic hydroxyl groups excluding tert-OH is 1. The van der Waals surface area contributed by atoms with Gasteiger partial charge in [0.15, 0.2) is 11.4 Å². The summed E-state index contributed by atoms with van der Waals surface area (Å²) >= 11 is 0. The molecule has 1 N–H and O–H groups in total. The highest BCUT2D eigenvalue weighted by Gasteiger charge is 2.32. The van der Waals surface area contributed by atoms with Crippen molar-refractivity contribution in [1.29, 1.82) is 5.26 Å². The van der Waals surface area contributed by atoms with Gasteiger partial charge in [0, 0.05) is 47.6 Å². The quantitative estimate of drug-likeness (QED) is 0.352. The van der Waals surface area contributed by atoms with Crippen molar-refractivity contribution in [3.05, 3.63) is 60.2 Å². The van der Waals surface area contributed by atoms with Crippen LogP contribution >= 0.6 is 0 Å². The lowest BCUT2D eigenvalue weighted by molar-refractivity contribution is -0.124. The highest BCUT2D eigenvalue weighted by Crippen LogP contribution is 2.38. The van der Waals surface area contributed by atoms with Gasteiger partial charge in [0.2, 0.25) is 5.91 Å². The fraction of sp³-hybridized carbons (Fsp3) is 0.515. The Labute approximate surface area is 243 Å². The molecule has 0 bridgehead atoms. The molecule has 1 amide bonds. The Morgan fingerprint density at radius 1 is 1.10 bits per heavy atom. The number of aliphatic hydroxyl groups is 1. The summed E-state index contributed by atoms with van der Waals surface area (Å²) in [6, 6.07) is 14.5. The Hall–Kier alpha value is -3.70. The second-order valence-electron chi connectivity index (χ2n) is 11.9. The molecule has 8 nitrogen and oxygen atoms in total. The first kappa shape index (κ1) is 28.8. The van der Waals surface area contributed by atoms with Gasteiger partial charge in [-0.15, -0.1) is 0 Å². The number of hydrogen-bond acceptors (Lipinski definition) is 6. The van der Waals surface area contributed by atoms with Crippen LogP contribution in [0.4, 0.5) is 5.69 Å². The first-order chi connectivity index (χ1) is 19.9. The van der Waals surface area contributed by atoms with Crippen LogP contribution in [0.3, 0.4) is 0 Å². The molecule has 2 fully saturated rings. The summed E-state index contributed by atoms with van der Waals surface area (Å²) in [4.78, 5) is 20.6. The summed E-state index contributed by atoms with van der Waals surface area (Å²) in [7, 11) is 1.56. The van der Waals surface area contributed by atoms with Gasteiger partial charge >= 0.3 is 0 Å². The molecule has 0 atom stereocenters. The number of benzene rings is 1. The second kappa shape index (κ2) is 12.9. The van der Waals surface area contributed by atoms with E-state index in [1.54, 1.807) is 7.11 Å². The molecule has 0 spiro atoms. The Kier molecular flexibility index (Phi) is 9.04. The minimum atomic E-state index is -0.295. The predicted octanol–water partition coefficient (Wildman–Crippen LogP) is 6.26. The number of amides is 1. The van der Waals surface area contributed by atoms with Crippen molar-refractivity contribution in [2.75, 3.05) is 18.6 Å². The van der Waals surface area contributed by atoms with E-state index in [0.29, 0.717) is 42.7 Å². The minimum absolute atomic E-state index is 0.0602. The monoisotopic (exact) mass is 555 g/mol. The third-order valence-corrected chi connectivity index (χ3v) is 8.85. The molecule has 2 aliphatic carbocycles. The average Bonchev–Trinajstić information content (AvgIpc) is 3.51. The number of pyridine rings is 1. The van der Waals surface area contributed by atoms with E-state index in [0.717, 1.165) is 61.0 Å². The van der Waals surface area contributed by atoms with Gasteiger partial charge in [-0.05, 0) is 101 Å². The van der Waals surface area contributed by atoms with E-state index in [-0.39, 0.29) is 24.0 Å². The van der Waals surface area contributed by atoms with Crippen LogP contribution in [0.25, 0.3) is 11.1 Å². The maximum atomic E-state index is 14.0.